The Kier molecular flexibility index (Phi) is 6.10. The van der Waals surface area contributed by atoms with E-state index in [2.05, 4.69) is 0 Å². The zero-order valence-electron chi connectivity index (χ0n) is 11.3. The number of carbonyl (C=O) groups excluding carboxylic acids is 1. The Morgan fingerprint density at radius 1 is 1.32 bits per heavy atom. The summed E-state index contributed by atoms with van der Waals surface area (Å²) in [5, 5.41) is 0.911. The van der Waals surface area contributed by atoms with Crippen LogP contribution >= 0.6 is 8.58 Å². The van der Waals surface area contributed by atoms with E-state index in [0.29, 0.717) is 20.8 Å². The average Bonchev–Trinajstić information content (AvgIpc) is 2.85. The summed E-state index contributed by atoms with van der Waals surface area (Å²) in [6, 6.07) is 9.48. The maximum atomic E-state index is 12.3. The first-order valence-corrected chi connectivity index (χ1v) is 6.37. The maximum Gasteiger partial charge on any atom is 1.00 e. The van der Waals surface area contributed by atoms with Crippen LogP contribution in [0.15, 0.2) is 42.4 Å². The normalized spacial score (nSPS) is 21.7. The van der Waals surface area contributed by atoms with Crippen molar-refractivity contribution in [2.75, 3.05) is 14.2 Å². The predicted molar refractivity (Wildman–Crippen MR) is 68.5 cm³/mol. The summed E-state index contributed by atoms with van der Waals surface area (Å²) in [6.45, 7) is 0. The zero-order chi connectivity index (χ0) is 13.0. The molecule has 0 amide bonds. The molecule has 1 unspecified atom stereocenters. The van der Waals surface area contributed by atoms with Crippen LogP contribution in [0.3, 0.4) is 0 Å². The molecule has 0 bridgehead atoms. The van der Waals surface area contributed by atoms with E-state index in [-0.39, 0.29) is 24.4 Å². The van der Waals surface area contributed by atoms with Gasteiger partial charge in [-0.15, -0.1) is 0 Å². The number of rotatable bonds is 5. The van der Waals surface area contributed by atoms with Gasteiger partial charge in [0.25, 0.3) is 0 Å². The van der Waals surface area contributed by atoms with E-state index in [4.69, 9.17) is 14.2 Å². The first-order valence-electron chi connectivity index (χ1n) is 5.47. The van der Waals surface area contributed by atoms with Crippen LogP contribution in [0, 0.1) is 0 Å². The first kappa shape index (κ1) is 16.3. The number of ether oxygens (including phenoxy) is 3. The van der Waals surface area contributed by atoms with Gasteiger partial charge in [-0.25, -0.2) is 0 Å². The molecular formula is C13H14LiO4P. The molecule has 0 N–H and O–H groups in total. The van der Waals surface area contributed by atoms with Crippen LogP contribution < -0.4 is 24.2 Å². The minimum atomic E-state index is -1.25. The SMILES string of the molecule is COC1=COC(OC)(C(=O)[P-]c2ccccc2)C1.[Li+]. The van der Waals surface area contributed by atoms with Gasteiger partial charge in [0.05, 0.1) is 19.1 Å². The van der Waals surface area contributed by atoms with Crippen molar-refractivity contribution in [1.82, 2.24) is 0 Å². The second-order valence-corrected chi connectivity index (χ2v) is 4.94. The summed E-state index contributed by atoms with van der Waals surface area (Å²) in [6.07, 6.45) is 1.74. The van der Waals surface area contributed by atoms with E-state index in [9.17, 15) is 4.79 Å². The monoisotopic (exact) mass is 272 g/mol. The van der Waals surface area contributed by atoms with Crippen molar-refractivity contribution in [2.45, 2.75) is 12.2 Å². The molecule has 0 aromatic heterocycles. The molecule has 2 rings (SSSR count). The van der Waals surface area contributed by atoms with E-state index in [1.165, 1.54) is 13.4 Å². The maximum absolute atomic E-state index is 12.3. The Morgan fingerprint density at radius 2 is 2.00 bits per heavy atom. The number of benzene rings is 1. The molecule has 1 atom stereocenters. The number of hydrogen-bond acceptors (Lipinski definition) is 4. The second-order valence-electron chi connectivity index (χ2n) is 3.79. The van der Waals surface area contributed by atoms with Gasteiger partial charge in [0.2, 0.25) is 5.79 Å². The van der Waals surface area contributed by atoms with E-state index in [0.717, 1.165) is 5.30 Å². The zero-order valence-corrected chi connectivity index (χ0v) is 12.1. The van der Waals surface area contributed by atoms with Crippen molar-refractivity contribution in [2.24, 2.45) is 0 Å². The van der Waals surface area contributed by atoms with E-state index in [1.54, 1.807) is 7.11 Å². The van der Waals surface area contributed by atoms with Crippen LogP contribution in [0.5, 0.6) is 0 Å². The molecule has 1 aliphatic heterocycles. The molecule has 19 heavy (non-hydrogen) atoms. The number of carbonyl (C=O) groups is 1. The van der Waals surface area contributed by atoms with Gasteiger partial charge in [-0.2, -0.15) is 5.30 Å². The Labute approximate surface area is 126 Å². The standard InChI is InChI=1S/C13H14O4P.Li/c1-15-10-8-13(16-2,17-9-10)12(14)18-11-6-4-3-5-7-11;/h3-7,9H,8H2,1-2H3;/q-1;+1. The molecule has 1 aromatic carbocycles. The fraction of sp³-hybridized carbons (Fsp3) is 0.308. The molecule has 0 radical (unpaired) electrons. The Bertz CT molecular complexity index is 463. The Morgan fingerprint density at radius 3 is 2.53 bits per heavy atom. The minimum absolute atomic E-state index is 0. The molecule has 0 saturated carbocycles. The van der Waals surface area contributed by atoms with Crippen molar-refractivity contribution in [1.29, 1.82) is 0 Å². The van der Waals surface area contributed by atoms with E-state index >= 15 is 0 Å². The van der Waals surface area contributed by atoms with Crippen LogP contribution in [-0.2, 0) is 19.0 Å². The smallest absolute Gasteiger partial charge is 0.498 e. The Balaban J connectivity index is 0.00000180. The van der Waals surface area contributed by atoms with Gasteiger partial charge < -0.3 is 27.6 Å². The van der Waals surface area contributed by atoms with Gasteiger partial charge in [-0.1, -0.05) is 30.3 Å². The molecule has 0 saturated heterocycles. The Hall–Kier alpha value is -0.783. The van der Waals surface area contributed by atoms with Crippen molar-refractivity contribution in [3.63, 3.8) is 0 Å². The van der Waals surface area contributed by atoms with Gasteiger partial charge >= 0.3 is 18.9 Å². The average molecular weight is 272 g/mol. The molecule has 0 aliphatic carbocycles. The molecular weight excluding hydrogens is 258 g/mol. The molecule has 6 heteroatoms. The summed E-state index contributed by atoms with van der Waals surface area (Å²) < 4.78 is 15.7. The molecule has 0 spiro atoms. The predicted octanol–water partition coefficient (Wildman–Crippen LogP) is -0.960. The third-order valence-corrected chi connectivity index (χ3v) is 3.79. The molecule has 1 aromatic rings. The van der Waals surface area contributed by atoms with E-state index < -0.39 is 5.79 Å². The largest absolute Gasteiger partial charge is 1.00 e. The summed E-state index contributed by atoms with van der Waals surface area (Å²) in [7, 11) is 3.56. The fourth-order valence-electron chi connectivity index (χ4n) is 1.63. The third-order valence-electron chi connectivity index (χ3n) is 2.69. The summed E-state index contributed by atoms with van der Waals surface area (Å²) >= 11 is 0. The first-order chi connectivity index (χ1) is 8.70. The second kappa shape index (κ2) is 7.12. The van der Waals surface area contributed by atoms with Crippen LogP contribution in [0.25, 0.3) is 0 Å². The summed E-state index contributed by atoms with van der Waals surface area (Å²) in [4.78, 5) is 12.3. The van der Waals surface area contributed by atoms with Crippen LogP contribution in [0.2, 0.25) is 0 Å². The van der Waals surface area contributed by atoms with Gasteiger partial charge in [0.15, 0.2) is 0 Å². The van der Waals surface area contributed by atoms with Crippen molar-refractivity contribution >= 4 is 19.4 Å². The summed E-state index contributed by atoms with van der Waals surface area (Å²) in [5.41, 5.74) is -0.139. The molecule has 1 heterocycles. The van der Waals surface area contributed by atoms with Gasteiger partial charge in [-0.3, -0.25) is 0 Å². The molecule has 96 valence electrons. The van der Waals surface area contributed by atoms with Gasteiger partial charge in [-0.05, 0) is 0 Å². The molecule has 4 nitrogen and oxygen atoms in total. The number of methoxy groups -OCH3 is 2. The van der Waals surface area contributed by atoms with E-state index in [1.807, 2.05) is 30.3 Å². The molecule has 0 fully saturated rings. The van der Waals surface area contributed by atoms with Gasteiger partial charge in [0.1, 0.15) is 12.0 Å². The van der Waals surface area contributed by atoms with Gasteiger partial charge in [0, 0.05) is 7.11 Å². The minimum Gasteiger partial charge on any atom is -0.498 e. The topological polar surface area (TPSA) is 44.8 Å². The van der Waals surface area contributed by atoms with Crippen LogP contribution in [-0.4, -0.2) is 25.5 Å². The van der Waals surface area contributed by atoms with Crippen LogP contribution in [0.4, 0.5) is 0 Å². The van der Waals surface area contributed by atoms with Crippen molar-refractivity contribution < 1.29 is 37.9 Å². The van der Waals surface area contributed by atoms with Crippen molar-refractivity contribution in [3.05, 3.63) is 42.4 Å². The fourth-order valence-corrected chi connectivity index (χ4v) is 2.58. The number of hydrogen-bond donors (Lipinski definition) is 0. The molecule has 1 aliphatic rings. The third kappa shape index (κ3) is 3.61. The van der Waals surface area contributed by atoms with Crippen molar-refractivity contribution in [3.8, 4) is 0 Å². The summed E-state index contributed by atoms with van der Waals surface area (Å²) in [5.74, 6) is -0.642. The van der Waals surface area contributed by atoms with Crippen LogP contribution in [0.1, 0.15) is 6.42 Å². The quantitative estimate of drug-likeness (QED) is 0.511.